The lowest BCUT2D eigenvalue weighted by Crippen LogP contribution is -2.45. The van der Waals surface area contributed by atoms with E-state index in [0.29, 0.717) is 4.47 Å². The van der Waals surface area contributed by atoms with Gasteiger partial charge in [0.2, 0.25) is 0 Å². The molecule has 0 saturated carbocycles. The number of rotatable bonds is 5. The van der Waals surface area contributed by atoms with Crippen molar-refractivity contribution >= 4 is 28.3 Å². The third-order valence-electron chi connectivity index (χ3n) is 3.76. The van der Waals surface area contributed by atoms with E-state index in [2.05, 4.69) is 33.1 Å². The molecule has 0 aliphatic carbocycles. The Kier molecular flexibility index (Phi) is 8.03. The molecule has 0 aromatic heterocycles. The molecule has 5 heteroatoms. The highest BCUT2D eigenvalue weighted by molar-refractivity contribution is 9.10. The van der Waals surface area contributed by atoms with Crippen LogP contribution in [0.4, 0.5) is 4.39 Å². The topological polar surface area (TPSA) is 15.3 Å². The van der Waals surface area contributed by atoms with Crippen molar-refractivity contribution in [2.75, 3.05) is 26.2 Å². The van der Waals surface area contributed by atoms with Crippen molar-refractivity contribution in [3.05, 3.63) is 34.1 Å². The molecule has 1 N–H and O–H groups in total. The number of hydrogen-bond acceptors (Lipinski definition) is 2. The third-order valence-corrected chi connectivity index (χ3v) is 4.38. The van der Waals surface area contributed by atoms with Gasteiger partial charge >= 0.3 is 0 Å². The minimum absolute atomic E-state index is 0. The largest absolute Gasteiger partial charge is 0.314 e. The molecule has 1 heterocycles. The number of piperazine rings is 1. The summed E-state index contributed by atoms with van der Waals surface area (Å²) >= 11 is 3.30. The predicted octanol–water partition coefficient (Wildman–Crippen LogP) is 4.15. The summed E-state index contributed by atoms with van der Waals surface area (Å²) in [6, 6.07) is 5.85. The van der Waals surface area contributed by atoms with Crippen LogP contribution < -0.4 is 5.32 Å². The first-order valence-corrected chi connectivity index (χ1v) is 7.92. The maximum absolute atomic E-state index is 14.3. The highest BCUT2D eigenvalue weighted by Crippen LogP contribution is 2.31. The van der Waals surface area contributed by atoms with Crippen LogP contribution in [-0.2, 0) is 0 Å². The zero-order valence-electron chi connectivity index (χ0n) is 11.9. The molecule has 2 rings (SSSR count). The molecule has 1 saturated heterocycles. The Morgan fingerprint density at radius 2 is 2.05 bits per heavy atom. The molecular formula is C15H23BrClFN2. The van der Waals surface area contributed by atoms with E-state index >= 15 is 0 Å². The number of nitrogens with zero attached hydrogens (tertiary/aromatic N) is 1. The molecular weight excluding hydrogens is 343 g/mol. The predicted molar refractivity (Wildman–Crippen MR) is 88.1 cm³/mol. The summed E-state index contributed by atoms with van der Waals surface area (Å²) in [6.07, 6.45) is 3.32. The molecule has 1 aromatic rings. The lowest BCUT2D eigenvalue weighted by molar-refractivity contribution is 0.160. The number of nitrogens with one attached hydrogen (secondary N) is 1. The van der Waals surface area contributed by atoms with Gasteiger partial charge in [0.05, 0.1) is 4.47 Å². The van der Waals surface area contributed by atoms with Crippen LogP contribution in [0.1, 0.15) is 37.8 Å². The first-order valence-electron chi connectivity index (χ1n) is 7.12. The zero-order chi connectivity index (χ0) is 13.7. The molecule has 0 unspecified atom stereocenters. The van der Waals surface area contributed by atoms with E-state index in [-0.39, 0.29) is 24.3 Å². The van der Waals surface area contributed by atoms with Gasteiger partial charge in [0.15, 0.2) is 0 Å². The van der Waals surface area contributed by atoms with Gasteiger partial charge in [-0.3, -0.25) is 4.90 Å². The van der Waals surface area contributed by atoms with E-state index in [1.807, 2.05) is 12.1 Å². The van der Waals surface area contributed by atoms with Crippen LogP contribution in [0.25, 0.3) is 0 Å². The van der Waals surface area contributed by atoms with Gasteiger partial charge < -0.3 is 5.32 Å². The van der Waals surface area contributed by atoms with Crippen LogP contribution in [0, 0.1) is 5.82 Å². The molecule has 2 nitrogen and oxygen atoms in total. The van der Waals surface area contributed by atoms with Gasteiger partial charge in [-0.1, -0.05) is 31.9 Å². The summed E-state index contributed by atoms with van der Waals surface area (Å²) in [6.45, 7) is 6.18. The normalized spacial score (nSPS) is 17.6. The van der Waals surface area contributed by atoms with Crippen LogP contribution in [0.3, 0.4) is 0 Å². The van der Waals surface area contributed by atoms with E-state index in [1.165, 1.54) is 0 Å². The Bertz CT molecular complexity index is 411. The quantitative estimate of drug-likeness (QED) is 0.843. The first kappa shape index (κ1) is 17.9. The monoisotopic (exact) mass is 364 g/mol. The minimum Gasteiger partial charge on any atom is -0.314 e. The van der Waals surface area contributed by atoms with Crippen LogP contribution in [0.5, 0.6) is 0 Å². The van der Waals surface area contributed by atoms with Gasteiger partial charge in [0.1, 0.15) is 5.82 Å². The zero-order valence-corrected chi connectivity index (χ0v) is 14.3. The second-order valence-corrected chi connectivity index (χ2v) is 5.94. The fraction of sp³-hybridized carbons (Fsp3) is 0.600. The van der Waals surface area contributed by atoms with Crippen molar-refractivity contribution in [3.63, 3.8) is 0 Å². The highest BCUT2D eigenvalue weighted by Gasteiger charge is 2.24. The summed E-state index contributed by atoms with van der Waals surface area (Å²) in [5.74, 6) is -0.0952. The van der Waals surface area contributed by atoms with Gasteiger partial charge in [-0.15, -0.1) is 12.4 Å². The van der Waals surface area contributed by atoms with Gasteiger partial charge in [0, 0.05) is 37.8 Å². The summed E-state index contributed by atoms with van der Waals surface area (Å²) in [5, 5.41) is 3.36. The molecule has 0 spiro atoms. The summed E-state index contributed by atoms with van der Waals surface area (Å²) in [4.78, 5) is 2.41. The Morgan fingerprint density at radius 3 is 2.70 bits per heavy atom. The second-order valence-electron chi connectivity index (χ2n) is 5.09. The number of unbranched alkanes of at least 4 members (excludes halogenated alkanes) is 1. The molecule has 0 bridgehead atoms. The minimum atomic E-state index is -0.0952. The van der Waals surface area contributed by atoms with E-state index in [1.54, 1.807) is 6.07 Å². The van der Waals surface area contributed by atoms with Crippen molar-refractivity contribution in [2.24, 2.45) is 0 Å². The average molecular weight is 366 g/mol. The Hall–Kier alpha value is -0.160. The maximum Gasteiger partial charge on any atom is 0.142 e. The number of benzene rings is 1. The fourth-order valence-corrected chi connectivity index (χ4v) is 3.09. The van der Waals surface area contributed by atoms with Gasteiger partial charge in [-0.25, -0.2) is 4.39 Å². The molecule has 0 amide bonds. The van der Waals surface area contributed by atoms with Crippen molar-refractivity contribution in [1.29, 1.82) is 0 Å². The van der Waals surface area contributed by atoms with Crippen molar-refractivity contribution < 1.29 is 4.39 Å². The fourth-order valence-electron chi connectivity index (χ4n) is 2.70. The molecule has 1 fully saturated rings. The standard InChI is InChI=1S/C15H22BrFN2.ClH/c1-2-3-7-14(19-10-8-18-9-11-19)12-5-4-6-13(16)15(12)17;/h4-6,14,18H,2-3,7-11H2,1H3;1H/t14-;/m1./s1. The van der Waals surface area contributed by atoms with Crippen LogP contribution in [0.2, 0.25) is 0 Å². The van der Waals surface area contributed by atoms with Crippen LogP contribution in [0.15, 0.2) is 22.7 Å². The molecule has 1 aliphatic rings. The van der Waals surface area contributed by atoms with Gasteiger partial charge in [-0.05, 0) is 28.4 Å². The van der Waals surface area contributed by atoms with Crippen molar-refractivity contribution in [3.8, 4) is 0 Å². The third kappa shape index (κ3) is 4.42. The average Bonchev–Trinajstić information content (AvgIpc) is 2.45. The summed E-state index contributed by atoms with van der Waals surface area (Å²) < 4.78 is 14.9. The lowest BCUT2D eigenvalue weighted by atomic mass is 9.98. The summed E-state index contributed by atoms with van der Waals surface area (Å²) in [5.41, 5.74) is 0.838. The van der Waals surface area contributed by atoms with Gasteiger partial charge in [0.25, 0.3) is 0 Å². The van der Waals surface area contributed by atoms with Gasteiger partial charge in [-0.2, -0.15) is 0 Å². The van der Waals surface area contributed by atoms with E-state index in [4.69, 9.17) is 0 Å². The molecule has 20 heavy (non-hydrogen) atoms. The Balaban J connectivity index is 0.00000200. The molecule has 114 valence electrons. The first-order chi connectivity index (χ1) is 9.24. The van der Waals surface area contributed by atoms with E-state index < -0.39 is 0 Å². The second kappa shape index (κ2) is 8.98. The number of hydrogen-bond donors (Lipinski definition) is 1. The smallest absolute Gasteiger partial charge is 0.142 e. The van der Waals surface area contributed by atoms with Crippen molar-refractivity contribution in [1.82, 2.24) is 10.2 Å². The molecule has 0 radical (unpaired) electrons. The summed E-state index contributed by atoms with van der Waals surface area (Å²) in [7, 11) is 0. The van der Waals surface area contributed by atoms with Crippen LogP contribution in [-0.4, -0.2) is 31.1 Å². The maximum atomic E-state index is 14.3. The lowest BCUT2D eigenvalue weighted by Gasteiger charge is -2.35. The number of halogens is 3. The molecule has 1 atom stereocenters. The Morgan fingerprint density at radius 1 is 1.35 bits per heavy atom. The SMILES string of the molecule is CCCC[C@H](c1cccc(Br)c1F)N1CCNCC1.Cl. The Labute approximate surface area is 135 Å². The highest BCUT2D eigenvalue weighted by atomic mass is 79.9. The molecule has 1 aromatic carbocycles. The van der Waals surface area contributed by atoms with Crippen LogP contribution >= 0.6 is 28.3 Å². The van der Waals surface area contributed by atoms with E-state index in [9.17, 15) is 4.39 Å². The van der Waals surface area contributed by atoms with E-state index in [0.717, 1.165) is 51.0 Å². The molecule has 1 aliphatic heterocycles. The van der Waals surface area contributed by atoms with Crippen molar-refractivity contribution in [2.45, 2.75) is 32.2 Å².